The highest BCUT2D eigenvalue weighted by Crippen LogP contribution is 2.41. The molecule has 0 bridgehead atoms. The molecule has 1 aromatic heterocycles. The molecule has 1 aliphatic heterocycles. The van der Waals surface area contributed by atoms with Gasteiger partial charge < -0.3 is 20.7 Å². The Bertz CT molecular complexity index is 508. The number of nitrogens with zero attached hydrogens (tertiary/aromatic N) is 2. The van der Waals surface area contributed by atoms with Crippen LogP contribution in [0.3, 0.4) is 0 Å². The molecule has 2 rings (SSSR count). The number of rotatable bonds is 2. The minimum absolute atomic E-state index is 0. The van der Waals surface area contributed by atoms with Crippen LogP contribution in [0.15, 0.2) is 17.1 Å². The van der Waals surface area contributed by atoms with Crippen molar-refractivity contribution in [2.45, 2.75) is 31.8 Å². The molecule has 1 aliphatic rings. The van der Waals surface area contributed by atoms with Gasteiger partial charge in [0.1, 0.15) is 11.9 Å². The third-order valence-corrected chi connectivity index (χ3v) is 2.66. The molecule has 7 nitrogen and oxygen atoms in total. The smallest absolute Gasteiger partial charge is 0.351 e. The topological polar surface area (TPSA) is 111 Å². The summed E-state index contributed by atoms with van der Waals surface area (Å²) >= 11 is 0. The molecule has 0 amide bonds. The van der Waals surface area contributed by atoms with Gasteiger partial charge in [-0.25, -0.2) is 4.79 Å². The monoisotopic (exact) mass is 279 g/mol. The maximum absolute atomic E-state index is 13.7. The molecule has 1 fully saturated rings. The van der Waals surface area contributed by atoms with Crippen molar-refractivity contribution >= 4 is 5.82 Å². The van der Waals surface area contributed by atoms with Crippen LogP contribution in [0.4, 0.5) is 14.6 Å². The number of anilines is 1. The van der Waals surface area contributed by atoms with Gasteiger partial charge in [0.2, 0.25) is 6.23 Å². The highest BCUT2D eigenvalue weighted by Gasteiger charge is 2.59. The zero-order valence-corrected chi connectivity index (χ0v) is 9.03. The fraction of sp³-hybridized carbons (Fsp3) is 0.600. The molecule has 0 radical (unpaired) electrons. The van der Waals surface area contributed by atoms with E-state index in [1.165, 1.54) is 0 Å². The Labute approximate surface area is 107 Å². The molecular weight excluding hydrogens is 264 g/mol. The van der Waals surface area contributed by atoms with Gasteiger partial charge in [-0.2, -0.15) is 13.8 Å². The average molecular weight is 279 g/mol. The SMILES string of the molecule is C.Nc1ccn([C@@H]2O[C@H](CO)[C@@H](O)C2(F)F)c(=O)n1. The van der Waals surface area contributed by atoms with Gasteiger partial charge in [-0.1, -0.05) is 7.43 Å². The summed E-state index contributed by atoms with van der Waals surface area (Å²) in [6, 6.07) is 1.15. The van der Waals surface area contributed by atoms with E-state index in [0.29, 0.717) is 4.57 Å². The number of nitrogens with two attached hydrogens (primary N) is 1. The average Bonchev–Trinajstić information content (AvgIpc) is 2.52. The van der Waals surface area contributed by atoms with Crippen LogP contribution in [0.1, 0.15) is 13.7 Å². The summed E-state index contributed by atoms with van der Waals surface area (Å²) in [6.07, 6.45) is -4.69. The number of halogens is 2. The fourth-order valence-corrected chi connectivity index (χ4v) is 1.72. The summed E-state index contributed by atoms with van der Waals surface area (Å²) in [5.41, 5.74) is 4.21. The second-order valence-electron chi connectivity index (χ2n) is 3.87. The first-order valence-corrected chi connectivity index (χ1v) is 5.04. The molecule has 1 saturated heterocycles. The summed E-state index contributed by atoms with van der Waals surface area (Å²) < 4.78 is 32.7. The lowest BCUT2D eigenvalue weighted by atomic mass is 10.1. The van der Waals surface area contributed by atoms with Crippen LogP contribution < -0.4 is 11.4 Å². The van der Waals surface area contributed by atoms with E-state index >= 15 is 0 Å². The minimum Gasteiger partial charge on any atom is -0.394 e. The molecule has 0 saturated carbocycles. The third-order valence-electron chi connectivity index (χ3n) is 2.66. The molecule has 4 N–H and O–H groups in total. The van der Waals surface area contributed by atoms with Gasteiger partial charge in [0.15, 0.2) is 6.10 Å². The Morgan fingerprint density at radius 3 is 2.68 bits per heavy atom. The molecule has 0 spiro atoms. The van der Waals surface area contributed by atoms with Gasteiger partial charge in [-0.3, -0.25) is 4.57 Å². The van der Waals surface area contributed by atoms with Gasteiger partial charge >= 0.3 is 11.6 Å². The van der Waals surface area contributed by atoms with E-state index in [9.17, 15) is 18.7 Å². The van der Waals surface area contributed by atoms with Crippen molar-refractivity contribution in [3.05, 3.63) is 22.7 Å². The number of ether oxygens (including phenoxy) is 1. The predicted octanol–water partition coefficient (Wildman–Crippen LogP) is -0.653. The number of aliphatic hydroxyl groups is 2. The molecule has 108 valence electrons. The normalized spacial score (nSPS) is 28.9. The minimum atomic E-state index is -3.71. The van der Waals surface area contributed by atoms with Gasteiger partial charge in [0.05, 0.1) is 6.61 Å². The molecule has 0 aromatic carbocycles. The maximum Gasteiger partial charge on any atom is 0.351 e. The van der Waals surface area contributed by atoms with Crippen LogP contribution in [0, 0.1) is 0 Å². The van der Waals surface area contributed by atoms with Crippen LogP contribution in [0.5, 0.6) is 0 Å². The number of hydrogen-bond donors (Lipinski definition) is 3. The Morgan fingerprint density at radius 1 is 1.58 bits per heavy atom. The van der Waals surface area contributed by atoms with Crippen molar-refractivity contribution in [1.29, 1.82) is 0 Å². The zero-order valence-electron chi connectivity index (χ0n) is 9.03. The first-order valence-electron chi connectivity index (χ1n) is 5.04. The Balaban J connectivity index is 0.00000180. The fourth-order valence-electron chi connectivity index (χ4n) is 1.72. The Hall–Kier alpha value is -1.58. The standard InChI is InChI=1S/C9H11F2N3O4.CH4/c10-9(11)6(16)4(3-15)18-7(9)14-2-1-5(12)13-8(14)17;/h1-2,4,6-7,15-16H,3H2,(H2,12,13,17);1H4/t4-,6-,7-;/m1./s1. The van der Waals surface area contributed by atoms with Crippen LogP contribution in [-0.2, 0) is 4.74 Å². The van der Waals surface area contributed by atoms with Crippen molar-refractivity contribution in [1.82, 2.24) is 9.55 Å². The molecule has 2 heterocycles. The van der Waals surface area contributed by atoms with Crippen LogP contribution in [0.25, 0.3) is 0 Å². The van der Waals surface area contributed by atoms with Crippen LogP contribution in [0.2, 0.25) is 0 Å². The highest BCUT2D eigenvalue weighted by atomic mass is 19.3. The van der Waals surface area contributed by atoms with Crippen molar-refractivity contribution < 1.29 is 23.7 Å². The highest BCUT2D eigenvalue weighted by molar-refractivity contribution is 5.23. The van der Waals surface area contributed by atoms with E-state index in [1.807, 2.05) is 0 Å². The summed E-state index contributed by atoms with van der Waals surface area (Å²) in [6.45, 7) is -0.787. The first kappa shape index (κ1) is 15.5. The lowest BCUT2D eigenvalue weighted by molar-refractivity contribution is -0.140. The largest absolute Gasteiger partial charge is 0.394 e. The van der Waals surface area contributed by atoms with Crippen molar-refractivity contribution in [3.63, 3.8) is 0 Å². The van der Waals surface area contributed by atoms with E-state index < -0.39 is 36.7 Å². The summed E-state index contributed by atoms with van der Waals surface area (Å²) in [4.78, 5) is 14.7. The predicted molar refractivity (Wildman–Crippen MR) is 61.6 cm³/mol. The van der Waals surface area contributed by atoms with Crippen molar-refractivity contribution in [2.24, 2.45) is 0 Å². The van der Waals surface area contributed by atoms with Crippen LogP contribution in [-0.4, -0.2) is 44.5 Å². The quantitative estimate of drug-likeness (QED) is 0.663. The molecular formula is C10H15F2N3O4. The summed E-state index contributed by atoms with van der Waals surface area (Å²) in [7, 11) is 0. The Kier molecular flexibility index (Phi) is 4.23. The van der Waals surface area contributed by atoms with E-state index in [2.05, 4.69) is 4.98 Å². The van der Waals surface area contributed by atoms with E-state index in [1.54, 1.807) is 0 Å². The van der Waals surface area contributed by atoms with Gasteiger partial charge in [-0.05, 0) is 6.07 Å². The zero-order chi connectivity index (χ0) is 13.5. The third kappa shape index (κ3) is 2.44. The van der Waals surface area contributed by atoms with Gasteiger partial charge in [-0.15, -0.1) is 0 Å². The van der Waals surface area contributed by atoms with Crippen LogP contribution >= 0.6 is 0 Å². The number of nitrogen functional groups attached to an aromatic ring is 1. The van der Waals surface area contributed by atoms with Crippen molar-refractivity contribution in [3.8, 4) is 0 Å². The maximum atomic E-state index is 13.7. The van der Waals surface area contributed by atoms with Crippen molar-refractivity contribution in [2.75, 3.05) is 12.3 Å². The molecule has 19 heavy (non-hydrogen) atoms. The second kappa shape index (κ2) is 5.19. The molecule has 0 aliphatic carbocycles. The summed E-state index contributed by atoms with van der Waals surface area (Å²) in [5, 5.41) is 18.1. The lowest BCUT2D eigenvalue weighted by Gasteiger charge is -2.20. The first-order chi connectivity index (χ1) is 8.37. The molecule has 0 unspecified atom stereocenters. The Morgan fingerprint density at radius 2 is 2.21 bits per heavy atom. The van der Waals surface area contributed by atoms with Gasteiger partial charge in [0, 0.05) is 6.20 Å². The number of aromatic nitrogens is 2. The number of hydrogen-bond acceptors (Lipinski definition) is 6. The molecule has 1 aromatic rings. The lowest BCUT2D eigenvalue weighted by Crippen LogP contribution is -2.41. The van der Waals surface area contributed by atoms with Gasteiger partial charge in [0.25, 0.3) is 0 Å². The number of aliphatic hydroxyl groups excluding tert-OH is 2. The van der Waals surface area contributed by atoms with E-state index in [0.717, 1.165) is 12.3 Å². The summed E-state index contributed by atoms with van der Waals surface area (Å²) in [5.74, 6) is -3.83. The molecule has 3 atom stereocenters. The second-order valence-corrected chi connectivity index (χ2v) is 3.87. The van der Waals surface area contributed by atoms with E-state index in [4.69, 9.17) is 15.6 Å². The van der Waals surface area contributed by atoms with E-state index in [-0.39, 0.29) is 13.2 Å². The number of alkyl halides is 2. The molecule has 9 heteroatoms.